The minimum Gasteiger partial charge on any atom is -0.469 e. The highest BCUT2D eigenvalue weighted by atomic mass is 32.2. The fourth-order valence-electron chi connectivity index (χ4n) is 1.84. The summed E-state index contributed by atoms with van der Waals surface area (Å²) in [4.78, 5) is 11.8. The van der Waals surface area contributed by atoms with E-state index in [0.717, 1.165) is 23.6 Å². The first-order valence-corrected chi connectivity index (χ1v) is 7.87. The number of hydrogen-bond acceptors (Lipinski definition) is 5. The molecule has 114 valence electrons. The zero-order chi connectivity index (χ0) is 15.4. The van der Waals surface area contributed by atoms with Crippen LogP contribution in [0.15, 0.2) is 21.9 Å². The van der Waals surface area contributed by atoms with Crippen molar-refractivity contribution in [1.82, 2.24) is 20.1 Å². The van der Waals surface area contributed by atoms with Crippen molar-refractivity contribution >= 4 is 17.7 Å². The summed E-state index contributed by atoms with van der Waals surface area (Å²) in [5.74, 6) is 1.89. The average Bonchev–Trinajstić information content (AvgIpc) is 3.02. The van der Waals surface area contributed by atoms with Gasteiger partial charge < -0.3 is 14.3 Å². The summed E-state index contributed by atoms with van der Waals surface area (Å²) in [6.45, 7) is 5.92. The van der Waals surface area contributed by atoms with E-state index in [1.54, 1.807) is 6.26 Å². The molecule has 21 heavy (non-hydrogen) atoms. The van der Waals surface area contributed by atoms with Crippen LogP contribution in [0.4, 0.5) is 0 Å². The molecular weight excluding hydrogens is 288 g/mol. The molecule has 0 bridgehead atoms. The van der Waals surface area contributed by atoms with Crippen molar-refractivity contribution in [2.45, 2.75) is 38.4 Å². The van der Waals surface area contributed by atoms with Gasteiger partial charge in [0.2, 0.25) is 5.91 Å². The van der Waals surface area contributed by atoms with Crippen LogP contribution in [0.3, 0.4) is 0 Å². The summed E-state index contributed by atoms with van der Waals surface area (Å²) in [5.41, 5.74) is 0.918. The van der Waals surface area contributed by atoms with Crippen LogP contribution in [0.5, 0.6) is 0 Å². The Morgan fingerprint density at radius 2 is 2.29 bits per heavy atom. The second kappa shape index (κ2) is 6.80. The molecule has 0 aliphatic carbocycles. The van der Waals surface area contributed by atoms with Crippen LogP contribution in [-0.4, -0.2) is 32.5 Å². The van der Waals surface area contributed by atoms with E-state index >= 15 is 0 Å². The van der Waals surface area contributed by atoms with Gasteiger partial charge in [-0.05, 0) is 26.3 Å². The lowest BCUT2D eigenvalue weighted by Crippen LogP contribution is -2.33. The lowest BCUT2D eigenvalue weighted by Gasteiger charge is -2.10. The van der Waals surface area contributed by atoms with Gasteiger partial charge in [-0.1, -0.05) is 18.7 Å². The number of carbonyl (C=O) groups is 1. The third-order valence-electron chi connectivity index (χ3n) is 3.29. The van der Waals surface area contributed by atoms with Crippen LogP contribution < -0.4 is 5.32 Å². The fourth-order valence-corrected chi connectivity index (χ4v) is 2.56. The second-order valence-electron chi connectivity index (χ2n) is 4.92. The van der Waals surface area contributed by atoms with Crippen LogP contribution in [0.2, 0.25) is 0 Å². The lowest BCUT2D eigenvalue weighted by molar-refractivity contribution is -0.119. The molecule has 1 N–H and O–H groups in total. The van der Waals surface area contributed by atoms with E-state index in [-0.39, 0.29) is 11.9 Å². The van der Waals surface area contributed by atoms with Crippen LogP contribution in [-0.2, 0) is 11.8 Å². The molecule has 0 saturated carbocycles. The van der Waals surface area contributed by atoms with E-state index in [4.69, 9.17) is 4.42 Å². The van der Waals surface area contributed by atoms with E-state index in [1.807, 2.05) is 38.5 Å². The largest absolute Gasteiger partial charge is 0.469 e. The number of rotatable bonds is 6. The number of aromatic nitrogens is 3. The minimum absolute atomic E-state index is 0.0124. The van der Waals surface area contributed by atoms with Crippen LogP contribution in [0.25, 0.3) is 11.4 Å². The highest BCUT2D eigenvalue weighted by Gasteiger charge is 2.16. The zero-order valence-corrected chi connectivity index (χ0v) is 13.5. The van der Waals surface area contributed by atoms with E-state index in [9.17, 15) is 4.79 Å². The Morgan fingerprint density at radius 1 is 1.52 bits per heavy atom. The van der Waals surface area contributed by atoms with Gasteiger partial charge in [0.1, 0.15) is 5.76 Å². The number of furan rings is 1. The molecule has 2 rings (SSSR count). The van der Waals surface area contributed by atoms with Crippen molar-refractivity contribution in [2.24, 2.45) is 7.05 Å². The summed E-state index contributed by atoms with van der Waals surface area (Å²) < 4.78 is 7.16. The van der Waals surface area contributed by atoms with E-state index in [1.165, 1.54) is 11.8 Å². The first-order chi connectivity index (χ1) is 10.0. The Balaban J connectivity index is 2.01. The number of amides is 1. The molecule has 0 aromatic carbocycles. The van der Waals surface area contributed by atoms with Gasteiger partial charge in [0.25, 0.3) is 0 Å². The molecule has 7 heteroatoms. The molecule has 6 nitrogen and oxygen atoms in total. The molecule has 0 saturated heterocycles. The summed E-state index contributed by atoms with van der Waals surface area (Å²) >= 11 is 1.38. The summed E-state index contributed by atoms with van der Waals surface area (Å²) in [5, 5.41) is 12.0. The van der Waals surface area contributed by atoms with Gasteiger partial charge in [-0.15, -0.1) is 10.2 Å². The van der Waals surface area contributed by atoms with Gasteiger partial charge in [0.05, 0.1) is 17.6 Å². The van der Waals surface area contributed by atoms with Gasteiger partial charge in [0.15, 0.2) is 11.0 Å². The third kappa shape index (κ3) is 3.66. The minimum atomic E-state index is 0.0124. The van der Waals surface area contributed by atoms with Crippen molar-refractivity contribution in [2.75, 3.05) is 5.75 Å². The highest BCUT2D eigenvalue weighted by Crippen LogP contribution is 2.25. The maximum atomic E-state index is 11.8. The molecule has 0 aliphatic heterocycles. The molecular formula is C14H20N4O2S. The SMILES string of the molecule is CCC(C)NC(=O)CSc1nnc(-c2ccoc2C)n1C. The first-order valence-electron chi connectivity index (χ1n) is 6.89. The number of hydrogen-bond donors (Lipinski definition) is 1. The maximum Gasteiger partial charge on any atom is 0.230 e. The number of carbonyl (C=O) groups excluding carboxylic acids is 1. The quantitative estimate of drug-likeness (QED) is 0.830. The molecule has 2 aromatic rings. The Morgan fingerprint density at radius 3 is 2.90 bits per heavy atom. The van der Waals surface area contributed by atoms with Crippen molar-refractivity contribution in [3.05, 3.63) is 18.1 Å². The number of thioether (sulfide) groups is 1. The first kappa shape index (κ1) is 15.6. The molecule has 0 spiro atoms. The molecule has 0 fully saturated rings. The van der Waals surface area contributed by atoms with Crippen LogP contribution in [0, 0.1) is 6.92 Å². The highest BCUT2D eigenvalue weighted by molar-refractivity contribution is 7.99. The summed E-state index contributed by atoms with van der Waals surface area (Å²) in [6.07, 6.45) is 2.55. The third-order valence-corrected chi connectivity index (χ3v) is 4.31. The van der Waals surface area contributed by atoms with Gasteiger partial charge >= 0.3 is 0 Å². The topological polar surface area (TPSA) is 73.0 Å². The molecule has 2 heterocycles. The van der Waals surface area contributed by atoms with E-state index in [0.29, 0.717) is 10.9 Å². The molecule has 2 aromatic heterocycles. The van der Waals surface area contributed by atoms with Crippen molar-refractivity contribution in [1.29, 1.82) is 0 Å². The van der Waals surface area contributed by atoms with Crippen molar-refractivity contribution in [3.63, 3.8) is 0 Å². The Kier molecular flexibility index (Phi) is 5.06. The maximum absolute atomic E-state index is 11.8. The van der Waals surface area contributed by atoms with Crippen molar-refractivity contribution in [3.8, 4) is 11.4 Å². The molecule has 1 amide bonds. The smallest absolute Gasteiger partial charge is 0.230 e. The van der Waals surface area contributed by atoms with Gasteiger partial charge in [-0.3, -0.25) is 4.79 Å². The van der Waals surface area contributed by atoms with Crippen LogP contribution >= 0.6 is 11.8 Å². The Bertz CT molecular complexity index is 620. The number of nitrogens with zero attached hydrogens (tertiary/aromatic N) is 3. The Hall–Kier alpha value is -1.76. The normalized spacial score (nSPS) is 12.4. The fraction of sp³-hybridized carbons (Fsp3) is 0.500. The van der Waals surface area contributed by atoms with Gasteiger partial charge in [-0.2, -0.15) is 0 Å². The zero-order valence-electron chi connectivity index (χ0n) is 12.7. The molecule has 0 radical (unpaired) electrons. The number of aryl methyl sites for hydroxylation is 1. The standard InChI is InChI=1S/C14H20N4O2S/c1-5-9(2)15-12(19)8-21-14-17-16-13(18(14)4)11-6-7-20-10(11)3/h6-7,9H,5,8H2,1-4H3,(H,15,19). The monoisotopic (exact) mass is 308 g/mol. The van der Waals surface area contributed by atoms with Crippen molar-refractivity contribution < 1.29 is 9.21 Å². The van der Waals surface area contributed by atoms with E-state index in [2.05, 4.69) is 15.5 Å². The predicted octanol–water partition coefficient (Wildman–Crippen LogP) is 2.39. The van der Waals surface area contributed by atoms with Gasteiger partial charge in [-0.25, -0.2) is 0 Å². The second-order valence-corrected chi connectivity index (χ2v) is 5.86. The number of nitrogens with one attached hydrogen (secondary N) is 1. The summed E-state index contributed by atoms with van der Waals surface area (Å²) in [6, 6.07) is 2.06. The summed E-state index contributed by atoms with van der Waals surface area (Å²) in [7, 11) is 1.89. The van der Waals surface area contributed by atoms with Crippen LogP contribution in [0.1, 0.15) is 26.0 Å². The molecule has 0 aliphatic rings. The predicted molar refractivity (Wildman–Crippen MR) is 82.1 cm³/mol. The van der Waals surface area contributed by atoms with E-state index < -0.39 is 0 Å². The van der Waals surface area contributed by atoms with Gasteiger partial charge in [0, 0.05) is 13.1 Å². The molecule has 1 unspecified atom stereocenters. The average molecular weight is 308 g/mol. The molecule has 1 atom stereocenters. The Labute approximate surface area is 128 Å². The lowest BCUT2D eigenvalue weighted by atomic mass is 10.2.